The van der Waals surface area contributed by atoms with E-state index in [0.29, 0.717) is 12.1 Å². The highest BCUT2D eigenvalue weighted by atomic mass is 16.2. The number of hydrogen-bond acceptors (Lipinski definition) is 3. The molecule has 0 radical (unpaired) electrons. The van der Waals surface area contributed by atoms with Gasteiger partial charge in [-0.2, -0.15) is 0 Å². The molecule has 0 spiro atoms. The first-order valence-corrected chi connectivity index (χ1v) is 5.89. The van der Waals surface area contributed by atoms with Crippen molar-refractivity contribution in [2.45, 2.75) is 57.7 Å². The Hall–Kier alpha value is -0.610. The molecule has 0 saturated carbocycles. The predicted molar refractivity (Wildman–Crippen MR) is 61.5 cm³/mol. The monoisotopic (exact) mass is 213 g/mol. The summed E-state index contributed by atoms with van der Waals surface area (Å²) in [5, 5.41) is 6.35. The summed E-state index contributed by atoms with van der Waals surface area (Å²) >= 11 is 0. The quantitative estimate of drug-likeness (QED) is 0.578. The second kappa shape index (κ2) is 6.08. The zero-order valence-corrected chi connectivity index (χ0v) is 9.75. The lowest BCUT2D eigenvalue weighted by atomic mass is 10.1. The largest absolute Gasteiger partial charge is 0.355 e. The summed E-state index contributed by atoms with van der Waals surface area (Å²) in [6.07, 6.45) is 4.71. The van der Waals surface area contributed by atoms with Gasteiger partial charge in [-0.05, 0) is 39.5 Å². The smallest absolute Gasteiger partial charge is 0.236 e. The van der Waals surface area contributed by atoms with Crippen molar-refractivity contribution in [3.8, 4) is 0 Å². The van der Waals surface area contributed by atoms with Gasteiger partial charge in [-0.15, -0.1) is 0 Å². The molecule has 1 aliphatic heterocycles. The lowest BCUT2D eigenvalue weighted by molar-refractivity contribution is -0.121. The molecule has 1 aliphatic rings. The van der Waals surface area contributed by atoms with Crippen LogP contribution in [0.15, 0.2) is 0 Å². The SMILES string of the molecule is CC1CCC(CCCNC(=O)C(C)N)N1. The average Bonchev–Trinajstić information content (AvgIpc) is 2.58. The molecule has 3 unspecified atom stereocenters. The maximum Gasteiger partial charge on any atom is 0.236 e. The van der Waals surface area contributed by atoms with Crippen LogP contribution in [0.25, 0.3) is 0 Å². The molecule has 1 fully saturated rings. The summed E-state index contributed by atoms with van der Waals surface area (Å²) in [4.78, 5) is 11.1. The van der Waals surface area contributed by atoms with Gasteiger partial charge in [0.25, 0.3) is 0 Å². The molecule has 1 heterocycles. The minimum absolute atomic E-state index is 0.0530. The Bertz CT molecular complexity index is 206. The van der Waals surface area contributed by atoms with Crippen molar-refractivity contribution in [1.82, 2.24) is 10.6 Å². The Kier molecular flexibility index (Phi) is 5.05. The van der Waals surface area contributed by atoms with Crippen molar-refractivity contribution in [1.29, 1.82) is 0 Å². The number of hydrogen-bond donors (Lipinski definition) is 3. The van der Waals surface area contributed by atoms with E-state index in [4.69, 9.17) is 5.73 Å². The summed E-state index contributed by atoms with van der Waals surface area (Å²) in [5.41, 5.74) is 5.43. The van der Waals surface area contributed by atoms with E-state index < -0.39 is 6.04 Å². The molecule has 15 heavy (non-hydrogen) atoms. The molecular weight excluding hydrogens is 190 g/mol. The third kappa shape index (κ3) is 4.62. The molecule has 0 aliphatic carbocycles. The lowest BCUT2D eigenvalue weighted by Gasteiger charge is -2.12. The first-order chi connectivity index (χ1) is 7.09. The first kappa shape index (κ1) is 12.5. The van der Waals surface area contributed by atoms with Gasteiger partial charge in [-0.3, -0.25) is 4.79 Å². The molecule has 3 atom stereocenters. The van der Waals surface area contributed by atoms with Gasteiger partial charge in [0.15, 0.2) is 0 Å². The topological polar surface area (TPSA) is 67.2 Å². The van der Waals surface area contributed by atoms with Gasteiger partial charge >= 0.3 is 0 Å². The third-order valence-electron chi connectivity index (χ3n) is 2.91. The average molecular weight is 213 g/mol. The molecule has 4 nitrogen and oxygen atoms in total. The standard InChI is InChI=1S/C11H23N3O/c1-8-5-6-10(14-8)4-3-7-13-11(15)9(2)12/h8-10,14H,3-7,12H2,1-2H3,(H,13,15). The Morgan fingerprint density at radius 3 is 2.87 bits per heavy atom. The third-order valence-corrected chi connectivity index (χ3v) is 2.91. The van der Waals surface area contributed by atoms with Crippen LogP contribution in [0, 0.1) is 0 Å². The van der Waals surface area contributed by atoms with Crippen molar-refractivity contribution in [3.63, 3.8) is 0 Å². The highest BCUT2D eigenvalue weighted by Gasteiger charge is 2.19. The zero-order valence-electron chi connectivity index (χ0n) is 9.75. The van der Waals surface area contributed by atoms with Crippen LogP contribution in [0.3, 0.4) is 0 Å². The number of amides is 1. The first-order valence-electron chi connectivity index (χ1n) is 5.89. The van der Waals surface area contributed by atoms with Crippen LogP contribution in [0.5, 0.6) is 0 Å². The molecule has 0 aromatic heterocycles. The normalized spacial score (nSPS) is 27.7. The summed E-state index contributed by atoms with van der Waals surface area (Å²) in [7, 11) is 0. The minimum Gasteiger partial charge on any atom is -0.355 e. The van der Waals surface area contributed by atoms with E-state index in [1.54, 1.807) is 6.92 Å². The summed E-state index contributed by atoms with van der Waals surface area (Å²) in [6, 6.07) is 0.912. The van der Waals surface area contributed by atoms with Crippen molar-refractivity contribution in [3.05, 3.63) is 0 Å². The number of carbonyl (C=O) groups excluding carboxylic acids is 1. The molecule has 0 aromatic carbocycles. The van der Waals surface area contributed by atoms with E-state index in [9.17, 15) is 4.79 Å². The fourth-order valence-electron chi connectivity index (χ4n) is 1.97. The van der Waals surface area contributed by atoms with Crippen LogP contribution in [0.4, 0.5) is 0 Å². The van der Waals surface area contributed by atoms with E-state index in [1.807, 2.05) is 0 Å². The number of carbonyl (C=O) groups is 1. The Morgan fingerprint density at radius 1 is 1.60 bits per heavy atom. The van der Waals surface area contributed by atoms with Gasteiger partial charge < -0.3 is 16.4 Å². The van der Waals surface area contributed by atoms with E-state index in [0.717, 1.165) is 19.4 Å². The van der Waals surface area contributed by atoms with Gasteiger partial charge in [-0.25, -0.2) is 0 Å². The van der Waals surface area contributed by atoms with Gasteiger partial charge in [-0.1, -0.05) is 0 Å². The Labute approximate surface area is 92.0 Å². The second-order valence-corrected chi connectivity index (χ2v) is 4.56. The maximum absolute atomic E-state index is 11.1. The van der Waals surface area contributed by atoms with Crippen molar-refractivity contribution in [2.75, 3.05) is 6.54 Å². The van der Waals surface area contributed by atoms with Crippen molar-refractivity contribution >= 4 is 5.91 Å². The van der Waals surface area contributed by atoms with Gasteiger partial charge in [0, 0.05) is 18.6 Å². The van der Waals surface area contributed by atoms with Crippen LogP contribution in [0.2, 0.25) is 0 Å². The lowest BCUT2D eigenvalue weighted by Crippen LogP contribution is -2.39. The molecule has 1 saturated heterocycles. The minimum atomic E-state index is -0.394. The molecular formula is C11H23N3O. The van der Waals surface area contributed by atoms with Gasteiger partial charge in [0.05, 0.1) is 6.04 Å². The summed E-state index contributed by atoms with van der Waals surface area (Å²) in [6.45, 7) is 4.67. The molecule has 4 heteroatoms. The Balaban J connectivity index is 2.00. The van der Waals surface area contributed by atoms with E-state index >= 15 is 0 Å². The molecule has 0 aromatic rings. The zero-order chi connectivity index (χ0) is 11.3. The summed E-state index contributed by atoms with van der Waals surface area (Å²) in [5.74, 6) is -0.0530. The summed E-state index contributed by atoms with van der Waals surface area (Å²) < 4.78 is 0. The van der Waals surface area contributed by atoms with E-state index in [1.165, 1.54) is 12.8 Å². The van der Waals surface area contributed by atoms with Gasteiger partial charge in [0.1, 0.15) is 0 Å². The highest BCUT2D eigenvalue weighted by Crippen LogP contribution is 2.15. The fourth-order valence-corrected chi connectivity index (χ4v) is 1.97. The predicted octanol–water partition coefficient (Wildman–Crippen LogP) is 0.371. The van der Waals surface area contributed by atoms with Crippen LogP contribution >= 0.6 is 0 Å². The van der Waals surface area contributed by atoms with Crippen LogP contribution < -0.4 is 16.4 Å². The van der Waals surface area contributed by atoms with Crippen LogP contribution in [-0.2, 0) is 4.79 Å². The number of rotatable bonds is 5. The molecule has 88 valence electrons. The van der Waals surface area contributed by atoms with Crippen LogP contribution in [0.1, 0.15) is 39.5 Å². The molecule has 1 rings (SSSR count). The fraction of sp³-hybridized carbons (Fsp3) is 0.909. The molecule has 1 amide bonds. The maximum atomic E-state index is 11.1. The molecule has 4 N–H and O–H groups in total. The number of nitrogens with one attached hydrogen (secondary N) is 2. The molecule has 0 bridgehead atoms. The second-order valence-electron chi connectivity index (χ2n) is 4.56. The van der Waals surface area contributed by atoms with Crippen molar-refractivity contribution < 1.29 is 4.79 Å². The van der Waals surface area contributed by atoms with Crippen molar-refractivity contribution in [2.24, 2.45) is 5.73 Å². The highest BCUT2D eigenvalue weighted by molar-refractivity contribution is 5.80. The Morgan fingerprint density at radius 2 is 2.33 bits per heavy atom. The van der Waals surface area contributed by atoms with E-state index in [2.05, 4.69) is 17.6 Å². The number of nitrogens with two attached hydrogens (primary N) is 1. The van der Waals surface area contributed by atoms with E-state index in [-0.39, 0.29) is 5.91 Å². The van der Waals surface area contributed by atoms with Crippen LogP contribution in [-0.4, -0.2) is 30.6 Å². The van der Waals surface area contributed by atoms with Gasteiger partial charge in [0.2, 0.25) is 5.91 Å².